The average Bonchev–Trinajstić information content (AvgIpc) is 2.96. The van der Waals surface area contributed by atoms with Gasteiger partial charge in [-0.15, -0.1) is 11.3 Å². The monoisotopic (exact) mass is 280 g/mol. The predicted molar refractivity (Wildman–Crippen MR) is 84.2 cm³/mol. The van der Waals surface area contributed by atoms with Gasteiger partial charge in [-0.25, -0.2) is 0 Å². The fourth-order valence-corrected chi connectivity index (χ4v) is 4.40. The molecule has 1 aliphatic rings. The lowest BCUT2D eigenvalue weighted by molar-refractivity contribution is 0.0632. The number of rotatable bonds is 1. The molecule has 1 unspecified atom stereocenters. The molecule has 1 nitrogen and oxygen atoms in total. The minimum absolute atomic E-state index is 0.807. The highest BCUT2D eigenvalue weighted by Crippen LogP contribution is 2.43. The molecule has 4 rings (SSSR count). The van der Waals surface area contributed by atoms with Crippen LogP contribution in [0.4, 0.5) is 0 Å². The van der Waals surface area contributed by atoms with Gasteiger partial charge in [0.05, 0.1) is 0 Å². The first-order valence-electron chi connectivity index (χ1n) is 7.06. The van der Waals surface area contributed by atoms with E-state index in [1.807, 2.05) is 6.07 Å². The van der Waals surface area contributed by atoms with Crippen LogP contribution in [0.3, 0.4) is 0 Å². The number of thiophene rings is 1. The number of aryl methyl sites for hydroxylation is 1. The van der Waals surface area contributed by atoms with E-state index in [0.717, 1.165) is 30.4 Å². The summed E-state index contributed by atoms with van der Waals surface area (Å²) in [5, 5.41) is 14.7. The van der Waals surface area contributed by atoms with Crippen LogP contribution >= 0.6 is 11.3 Å². The summed E-state index contributed by atoms with van der Waals surface area (Å²) in [5.41, 5.74) is 2.61. The third-order valence-electron chi connectivity index (χ3n) is 4.37. The zero-order valence-electron chi connectivity index (χ0n) is 11.2. The van der Waals surface area contributed by atoms with Gasteiger partial charge in [-0.3, -0.25) is 0 Å². The molecule has 0 saturated heterocycles. The molecule has 100 valence electrons. The molecule has 0 radical (unpaired) electrons. The second-order valence-corrected chi connectivity index (χ2v) is 6.43. The van der Waals surface area contributed by atoms with Gasteiger partial charge in [0.15, 0.2) is 0 Å². The number of benzene rings is 2. The molecule has 0 aliphatic heterocycles. The summed E-state index contributed by atoms with van der Waals surface area (Å²) >= 11 is 1.72. The van der Waals surface area contributed by atoms with E-state index < -0.39 is 5.60 Å². The highest BCUT2D eigenvalue weighted by molar-refractivity contribution is 7.17. The molecule has 1 N–H and O–H groups in total. The molecule has 1 heterocycles. The molecule has 3 aromatic rings. The lowest BCUT2D eigenvalue weighted by Gasteiger charge is -2.35. The summed E-state index contributed by atoms with van der Waals surface area (Å²) in [4.78, 5) is 0. The SMILES string of the molecule is OC1(c2cccc3ccsc23)CCCc2ccccc21. The second-order valence-electron chi connectivity index (χ2n) is 5.52. The van der Waals surface area contributed by atoms with Crippen molar-refractivity contribution >= 4 is 21.4 Å². The van der Waals surface area contributed by atoms with Crippen LogP contribution in [0.2, 0.25) is 0 Å². The minimum Gasteiger partial charge on any atom is -0.380 e. The maximum atomic E-state index is 11.4. The third kappa shape index (κ3) is 1.65. The van der Waals surface area contributed by atoms with E-state index in [-0.39, 0.29) is 0 Å². The Morgan fingerprint density at radius 3 is 2.75 bits per heavy atom. The maximum absolute atomic E-state index is 11.4. The van der Waals surface area contributed by atoms with Crippen LogP contribution in [0.15, 0.2) is 53.9 Å². The van der Waals surface area contributed by atoms with Crippen molar-refractivity contribution in [1.29, 1.82) is 0 Å². The Morgan fingerprint density at radius 1 is 0.950 bits per heavy atom. The molecule has 20 heavy (non-hydrogen) atoms. The van der Waals surface area contributed by atoms with Crippen molar-refractivity contribution in [2.24, 2.45) is 0 Å². The highest BCUT2D eigenvalue weighted by atomic mass is 32.1. The molecule has 1 aromatic heterocycles. The van der Waals surface area contributed by atoms with Crippen LogP contribution in [-0.4, -0.2) is 5.11 Å². The van der Waals surface area contributed by atoms with Crippen LogP contribution in [0, 0.1) is 0 Å². The van der Waals surface area contributed by atoms with E-state index in [0.29, 0.717) is 0 Å². The van der Waals surface area contributed by atoms with Crippen molar-refractivity contribution in [3.63, 3.8) is 0 Å². The first-order valence-corrected chi connectivity index (χ1v) is 7.94. The molecule has 0 fully saturated rings. The fraction of sp³-hybridized carbons (Fsp3) is 0.222. The van der Waals surface area contributed by atoms with Crippen molar-refractivity contribution in [3.05, 3.63) is 70.6 Å². The van der Waals surface area contributed by atoms with Gasteiger partial charge in [0.2, 0.25) is 0 Å². The van der Waals surface area contributed by atoms with Gasteiger partial charge in [-0.1, -0.05) is 42.5 Å². The van der Waals surface area contributed by atoms with Crippen LogP contribution in [0.1, 0.15) is 29.5 Å². The number of hydrogen-bond acceptors (Lipinski definition) is 2. The van der Waals surface area contributed by atoms with Crippen molar-refractivity contribution in [3.8, 4) is 0 Å². The molecule has 2 heteroatoms. The minimum atomic E-state index is -0.834. The van der Waals surface area contributed by atoms with Crippen LogP contribution in [0.25, 0.3) is 10.1 Å². The Bertz CT molecular complexity index is 774. The van der Waals surface area contributed by atoms with E-state index in [4.69, 9.17) is 0 Å². The summed E-state index contributed by atoms with van der Waals surface area (Å²) in [5.74, 6) is 0. The van der Waals surface area contributed by atoms with E-state index in [2.05, 4.69) is 47.8 Å². The summed E-state index contributed by atoms with van der Waals surface area (Å²) in [6.07, 6.45) is 2.91. The molecule has 0 spiro atoms. The third-order valence-corrected chi connectivity index (χ3v) is 5.34. The van der Waals surface area contributed by atoms with Crippen LogP contribution in [-0.2, 0) is 12.0 Å². The highest BCUT2D eigenvalue weighted by Gasteiger charge is 2.37. The zero-order valence-corrected chi connectivity index (χ0v) is 12.0. The Labute approximate surface area is 122 Å². The Hall–Kier alpha value is -1.64. The molecule has 2 aromatic carbocycles. The lowest BCUT2D eigenvalue weighted by Crippen LogP contribution is -2.31. The number of aliphatic hydroxyl groups is 1. The van der Waals surface area contributed by atoms with Gasteiger partial charge in [-0.2, -0.15) is 0 Å². The summed E-state index contributed by atoms with van der Waals surface area (Å²) in [6.45, 7) is 0. The predicted octanol–water partition coefficient (Wildman–Crippen LogP) is 4.47. The van der Waals surface area contributed by atoms with Crippen molar-refractivity contribution in [1.82, 2.24) is 0 Å². The number of fused-ring (bicyclic) bond motifs is 2. The summed E-state index contributed by atoms with van der Waals surface area (Å²) in [6, 6.07) is 16.7. The summed E-state index contributed by atoms with van der Waals surface area (Å²) < 4.78 is 1.21. The Morgan fingerprint density at radius 2 is 1.80 bits per heavy atom. The molecular formula is C18H16OS. The normalized spacial score (nSPS) is 21.9. The second kappa shape index (κ2) is 4.44. The van der Waals surface area contributed by atoms with Crippen molar-refractivity contribution < 1.29 is 5.11 Å². The standard InChI is InChI=1S/C18H16OS/c19-18(11-4-7-13-5-1-2-8-15(13)18)16-9-3-6-14-10-12-20-17(14)16/h1-3,5-6,8-10,12,19H,4,7,11H2. The summed E-state index contributed by atoms with van der Waals surface area (Å²) in [7, 11) is 0. The molecule has 0 saturated carbocycles. The van der Waals surface area contributed by atoms with Gasteiger partial charge in [0.25, 0.3) is 0 Å². The fourth-order valence-electron chi connectivity index (χ4n) is 3.41. The molecule has 0 amide bonds. The van der Waals surface area contributed by atoms with Crippen molar-refractivity contribution in [2.75, 3.05) is 0 Å². The molecular weight excluding hydrogens is 264 g/mol. The van der Waals surface area contributed by atoms with E-state index in [1.54, 1.807) is 11.3 Å². The molecule has 0 bridgehead atoms. The first kappa shape index (κ1) is 12.1. The van der Waals surface area contributed by atoms with Crippen LogP contribution < -0.4 is 0 Å². The van der Waals surface area contributed by atoms with Crippen LogP contribution in [0.5, 0.6) is 0 Å². The molecule has 1 atom stereocenters. The van der Waals surface area contributed by atoms with Gasteiger partial charge < -0.3 is 5.11 Å². The van der Waals surface area contributed by atoms with Gasteiger partial charge in [0, 0.05) is 10.3 Å². The van der Waals surface area contributed by atoms with Crippen molar-refractivity contribution in [2.45, 2.75) is 24.9 Å². The van der Waals surface area contributed by atoms with Gasteiger partial charge in [0.1, 0.15) is 5.60 Å². The largest absolute Gasteiger partial charge is 0.380 e. The first-order chi connectivity index (χ1) is 9.79. The van der Waals surface area contributed by atoms with E-state index in [9.17, 15) is 5.11 Å². The van der Waals surface area contributed by atoms with E-state index in [1.165, 1.54) is 15.6 Å². The topological polar surface area (TPSA) is 20.2 Å². The lowest BCUT2D eigenvalue weighted by atomic mass is 9.75. The molecule has 1 aliphatic carbocycles. The average molecular weight is 280 g/mol. The zero-order chi connectivity index (χ0) is 13.6. The Kier molecular flexibility index (Phi) is 2.69. The maximum Gasteiger partial charge on any atom is 0.116 e. The Balaban J connectivity index is 2.00. The van der Waals surface area contributed by atoms with Gasteiger partial charge in [-0.05, 0) is 47.2 Å². The smallest absolute Gasteiger partial charge is 0.116 e. The quantitative estimate of drug-likeness (QED) is 0.697. The number of hydrogen-bond donors (Lipinski definition) is 1. The van der Waals surface area contributed by atoms with Gasteiger partial charge >= 0.3 is 0 Å². The van der Waals surface area contributed by atoms with E-state index >= 15 is 0 Å².